The van der Waals surface area contributed by atoms with Crippen molar-refractivity contribution in [3.8, 4) is 0 Å². The monoisotopic (exact) mass is 336 g/mol. The number of benzene rings is 2. The molecule has 1 amide bonds. The number of hydrogen-bond donors (Lipinski definition) is 1. The van der Waals surface area contributed by atoms with E-state index in [0.717, 1.165) is 4.47 Å². The predicted molar refractivity (Wildman–Crippen MR) is 80.8 cm³/mol. The minimum Gasteiger partial charge on any atom is -0.398 e. The number of amides is 1. The molecular formula is C15H14BrFN2O. The number of nitrogens with zero attached hydrogens (tertiary/aromatic N) is 1. The number of carbonyl (C=O) groups is 1. The van der Waals surface area contributed by atoms with Crippen molar-refractivity contribution in [1.82, 2.24) is 4.90 Å². The maximum atomic E-state index is 13.6. The van der Waals surface area contributed by atoms with Gasteiger partial charge in [0, 0.05) is 34.9 Å². The fourth-order valence-electron chi connectivity index (χ4n) is 1.85. The molecule has 2 aromatic carbocycles. The molecule has 0 aliphatic heterocycles. The van der Waals surface area contributed by atoms with Crippen molar-refractivity contribution in [2.45, 2.75) is 6.54 Å². The second-order valence-corrected chi connectivity index (χ2v) is 5.34. The van der Waals surface area contributed by atoms with Gasteiger partial charge in [0.15, 0.2) is 0 Å². The lowest BCUT2D eigenvalue weighted by Crippen LogP contribution is -2.26. The van der Waals surface area contributed by atoms with E-state index >= 15 is 0 Å². The first-order chi connectivity index (χ1) is 9.49. The van der Waals surface area contributed by atoms with Crippen molar-refractivity contribution in [3.63, 3.8) is 0 Å². The molecule has 0 radical (unpaired) electrons. The fraction of sp³-hybridized carbons (Fsp3) is 0.133. The van der Waals surface area contributed by atoms with E-state index in [0.29, 0.717) is 16.8 Å². The number of carbonyl (C=O) groups excluding carboxylic acids is 1. The van der Waals surface area contributed by atoms with Gasteiger partial charge < -0.3 is 10.6 Å². The molecule has 2 rings (SSSR count). The minimum absolute atomic E-state index is 0.201. The van der Waals surface area contributed by atoms with Gasteiger partial charge in [0.1, 0.15) is 5.82 Å². The van der Waals surface area contributed by atoms with Gasteiger partial charge in [-0.15, -0.1) is 0 Å². The Labute approximate surface area is 125 Å². The van der Waals surface area contributed by atoms with Crippen LogP contribution in [0.1, 0.15) is 15.9 Å². The molecule has 0 fully saturated rings. The molecule has 0 atom stereocenters. The Morgan fingerprint density at radius 2 is 2.00 bits per heavy atom. The highest BCUT2D eigenvalue weighted by atomic mass is 79.9. The Morgan fingerprint density at radius 1 is 1.30 bits per heavy atom. The van der Waals surface area contributed by atoms with E-state index in [9.17, 15) is 9.18 Å². The molecule has 20 heavy (non-hydrogen) atoms. The summed E-state index contributed by atoms with van der Waals surface area (Å²) in [5, 5.41) is 0. The summed E-state index contributed by atoms with van der Waals surface area (Å²) in [7, 11) is 1.63. The molecule has 0 aliphatic carbocycles. The Morgan fingerprint density at radius 3 is 2.65 bits per heavy atom. The van der Waals surface area contributed by atoms with Gasteiger partial charge in [-0.2, -0.15) is 0 Å². The topological polar surface area (TPSA) is 46.3 Å². The highest BCUT2D eigenvalue weighted by Gasteiger charge is 2.14. The van der Waals surface area contributed by atoms with Crippen LogP contribution in [0.5, 0.6) is 0 Å². The summed E-state index contributed by atoms with van der Waals surface area (Å²) in [6.45, 7) is 0.210. The SMILES string of the molecule is CN(Cc1ccccc1F)C(=O)c1ccc(Br)c(N)c1. The van der Waals surface area contributed by atoms with Crippen LogP contribution in [0.3, 0.4) is 0 Å². The molecule has 5 heteroatoms. The largest absolute Gasteiger partial charge is 0.398 e. The Kier molecular flexibility index (Phi) is 4.39. The number of anilines is 1. The quantitative estimate of drug-likeness (QED) is 0.872. The van der Waals surface area contributed by atoms with Gasteiger partial charge in [-0.1, -0.05) is 18.2 Å². The van der Waals surface area contributed by atoms with Crippen LogP contribution in [0.15, 0.2) is 46.9 Å². The molecule has 2 N–H and O–H groups in total. The van der Waals surface area contributed by atoms with Crippen LogP contribution in [-0.4, -0.2) is 17.9 Å². The van der Waals surface area contributed by atoms with Gasteiger partial charge in [-0.05, 0) is 40.2 Å². The second-order valence-electron chi connectivity index (χ2n) is 4.49. The molecule has 0 unspecified atom stereocenters. The van der Waals surface area contributed by atoms with Crippen LogP contribution in [0.2, 0.25) is 0 Å². The van der Waals surface area contributed by atoms with Crippen molar-refractivity contribution in [1.29, 1.82) is 0 Å². The first-order valence-corrected chi connectivity index (χ1v) is 6.82. The molecule has 0 saturated carbocycles. The van der Waals surface area contributed by atoms with Crippen LogP contribution in [-0.2, 0) is 6.54 Å². The number of nitrogens with two attached hydrogens (primary N) is 1. The molecular weight excluding hydrogens is 323 g/mol. The van der Waals surface area contributed by atoms with Gasteiger partial charge in [-0.3, -0.25) is 4.79 Å². The maximum absolute atomic E-state index is 13.6. The lowest BCUT2D eigenvalue weighted by atomic mass is 10.1. The predicted octanol–water partition coefficient (Wildman–Crippen LogP) is 3.44. The zero-order chi connectivity index (χ0) is 14.7. The molecule has 0 bridgehead atoms. The van der Waals surface area contributed by atoms with E-state index in [1.54, 1.807) is 43.4 Å². The van der Waals surface area contributed by atoms with Crippen LogP contribution in [0.25, 0.3) is 0 Å². The summed E-state index contributed by atoms with van der Waals surface area (Å²) in [6, 6.07) is 11.4. The Hall–Kier alpha value is -1.88. The average molecular weight is 337 g/mol. The van der Waals surface area contributed by atoms with E-state index in [2.05, 4.69) is 15.9 Å². The molecule has 0 aromatic heterocycles. The zero-order valence-corrected chi connectivity index (χ0v) is 12.5. The van der Waals surface area contributed by atoms with E-state index in [4.69, 9.17) is 5.73 Å². The van der Waals surface area contributed by atoms with E-state index < -0.39 is 0 Å². The Bertz CT molecular complexity index is 646. The lowest BCUT2D eigenvalue weighted by Gasteiger charge is -2.18. The third-order valence-corrected chi connectivity index (χ3v) is 3.68. The normalized spacial score (nSPS) is 10.3. The molecule has 2 aromatic rings. The highest BCUT2D eigenvalue weighted by molar-refractivity contribution is 9.10. The lowest BCUT2D eigenvalue weighted by molar-refractivity contribution is 0.0784. The van der Waals surface area contributed by atoms with Crippen molar-refractivity contribution >= 4 is 27.5 Å². The number of halogens is 2. The smallest absolute Gasteiger partial charge is 0.253 e. The molecule has 104 valence electrons. The average Bonchev–Trinajstić information content (AvgIpc) is 2.43. The number of hydrogen-bond acceptors (Lipinski definition) is 2. The summed E-state index contributed by atoms with van der Waals surface area (Å²) >= 11 is 3.28. The summed E-state index contributed by atoms with van der Waals surface area (Å²) in [5.74, 6) is -0.519. The second kappa shape index (κ2) is 6.05. The van der Waals surface area contributed by atoms with Crippen LogP contribution >= 0.6 is 15.9 Å². The van der Waals surface area contributed by atoms with Crippen molar-refractivity contribution in [3.05, 3.63) is 63.9 Å². The highest BCUT2D eigenvalue weighted by Crippen LogP contribution is 2.21. The molecule has 0 saturated heterocycles. The van der Waals surface area contributed by atoms with Gasteiger partial charge in [0.05, 0.1) is 0 Å². The van der Waals surface area contributed by atoms with Crippen molar-refractivity contribution < 1.29 is 9.18 Å². The molecule has 0 spiro atoms. The van der Waals surface area contributed by atoms with Crippen molar-refractivity contribution in [2.75, 3.05) is 12.8 Å². The first kappa shape index (κ1) is 14.5. The van der Waals surface area contributed by atoms with E-state index in [1.807, 2.05) is 0 Å². The fourth-order valence-corrected chi connectivity index (χ4v) is 2.10. The zero-order valence-electron chi connectivity index (χ0n) is 10.9. The summed E-state index contributed by atoms with van der Waals surface area (Å²) < 4.78 is 14.3. The van der Waals surface area contributed by atoms with Gasteiger partial charge in [-0.25, -0.2) is 4.39 Å². The van der Waals surface area contributed by atoms with Gasteiger partial charge in [0.2, 0.25) is 0 Å². The van der Waals surface area contributed by atoms with Crippen LogP contribution < -0.4 is 5.73 Å². The number of rotatable bonds is 3. The summed E-state index contributed by atoms with van der Waals surface area (Å²) in [6.07, 6.45) is 0. The van der Waals surface area contributed by atoms with Crippen LogP contribution in [0.4, 0.5) is 10.1 Å². The maximum Gasteiger partial charge on any atom is 0.253 e. The first-order valence-electron chi connectivity index (χ1n) is 6.03. The summed E-state index contributed by atoms with van der Waals surface area (Å²) in [5.41, 5.74) is 7.21. The van der Waals surface area contributed by atoms with E-state index in [-0.39, 0.29) is 18.3 Å². The summed E-state index contributed by atoms with van der Waals surface area (Å²) in [4.78, 5) is 13.7. The number of nitrogen functional groups attached to an aromatic ring is 1. The van der Waals surface area contributed by atoms with Crippen LogP contribution in [0, 0.1) is 5.82 Å². The third-order valence-electron chi connectivity index (χ3n) is 2.95. The molecule has 0 aliphatic rings. The standard InChI is InChI=1S/C15H14BrFN2O/c1-19(9-11-4-2-3-5-13(11)17)15(20)10-6-7-12(16)14(18)8-10/h2-8H,9,18H2,1H3. The van der Waals surface area contributed by atoms with E-state index in [1.165, 1.54) is 11.0 Å². The van der Waals surface area contributed by atoms with Gasteiger partial charge >= 0.3 is 0 Å². The minimum atomic E-state index is -0.317. The van der Waals surface area contributed by atoms with Gasteiger partial charge in [0.25, 0.3) is 5.91 Å². The molecule has 0 heterocycles. The Balaban J connectivity index is 2.16. The third kappa shape index (κ3) is 3.17. The van der Waals surface area contributed by atoms with Crippen molar-refractivity contribution in [2.24, 2.45) is 0 Å². The molecule has 3 nitrogen and oxygen atoms in total.